The van der Waals surface area contributed by atoms with Gasteiger partial charge in [-0.3, -0.25) is 4.79 Å². The molecule has 0 radical (unpaired) electrons. The van der Waals surface area contributed by atoms with E-state index in [1.54, 1.807) is 6.20 Å². The number of halogens is 1. The highest BCUT2D eigenvalue weighted by Gasteiger charge is 2.11. The third-order valence-electron chi connectivity index (χ3n) is 2.32. The average Bonchev–Trinajstić information content (AvgIpc) is 2.80. The molecule has 1 aromatic carbocycles. The van der Waals surface area contributed by atoms with Gasteiger partial charge in [-0.25, -0.2) is 9.37 Å². The van der Waals surface area contributed by atoms with Gasteiger partial charge in [-0.2, -0.15) is 0 Å². The van der Waals surface area contributed by atoms with E-state index < -0.39 is 11.7 Å². The summed E-state index contributed by atoms with van der Waals surface area (Å²) in [6.07, 6.45) is 1.66. The quantitative estimate of drug-likeness (QED) is 0.732. The molecule has 0 bridgehead atoms. The number of carbonyl (C=O) groups excluding carboxylic acids is 1. The molecule has 18 heavy (non-hydrogen) atoms. The zero-order valence-electron chi connectivity index (χ0n) is 9.31. The van der Waals surface area contributed by atoms with Gasteiger partial charge < -0.3 is 16.8 Å². The highest BCUT2D eigenvalue weighted by Crippen LogP contribution is 2.22. The van der Waals surface area contributed by atoms with Crippen molar-refractivity contribution in [2.75, 3.05) is 11.1 Å². The lowest BCUT2D eigenvalue weighted by atomic mass is 10.1. The molecule has 0 fully saturated rings. The molecular weight excluding hydrogens is 255 g/mol. The van der Waals surface area contributed by atoms with Crippen molar-refractivity contribution in [3.8, 4) is 0 Å². The summed E-state index contributed by atoms with van der Waals surface area (Å²) >= 11 is 1.45. The molecule has 1 heterocycles. The van der Waals surface area contributed by atoms with E-state index in [9.17, 15) is 9.18 Å². The van der Waals surface area contributed by atoms with Crippen LogP contribution in [-0.2, 0) is 6.54 Å². The first kappa shape index (κ1) is 12.3. The summed E-state index contributed by atoms with van der Waals surface area (Å²) in [4.78, 5) is 15.2. The largest absolute Gasteiger partial charge is 0.398 e. The highest BCUT2D eigenvalue weighted by molar-refractivity contribution is 7.09. The van der Waals surface area contributed by atoms with Crippen molar-refractivity contribution in [2.24, 2.45) is 5.73 Å². The Morgan fingerprint density at radius 1 is 1.50 bits per heavy atom. The number of rotatable bonds is 4. The van der Waals surface area contributed by atoms with Crippen molar-refractivity contribution in [1.29, 1.82) is 0 Å². The van der Waals surface area contributed by atoms with Gasteiger partial charge in [-0.05, 0) is 12.1 Å². The number of nitrogen functional groups attached to an aromatic ring is 1. The van der Waals surface area contributed by atoms with E-state index in [4.69, 9.17) is 11.5 Å². The van der Waals surface area contributed by atoms with E-state index >= 15 is 0 Å². The summed E-state index contributed by atoms with van der Waals surface area (Å²) in [5.74, 6) is -1.22. The fraction of sp³-hybridized carbons (Fsp3) is 0.0909. The van der Waals surface area contributed by atoms with Gasteiger partial charge in [-0.15, -0.1) is 11.3 Å². The Balaban J connectivity index is 2.22. The Morgan fingerprint density at radius 3 is 2.89 bits per heavy atom. The lowest BCUT2D eigenvalue weighted by Crippen LogP contribution is -2.14. The summed E-state index contributed by atoms with van der Waals surface area (Å²) < 4.78 is 13.6. The van der Waals surface area contributed by atoms with E-state index in [-0.39, 0.29) is 16.9 Å². The predicted molar refractivity (Wildman–Crippen MR) is 68.8 cm³/mol. The molecule has 94 valence electrons. The summed E-state index contributed by atoms with van der Waals surface area (Å²) in [5.41, 5.74) is 10.9. The van der Waals surface area contributed by atoms with Gasteiger partial charge in [0.2, 0.25) is 0 Å². The molecule has 0 aliphatic carbocycles. The van der Waals surface area contributed by atoms with Crippen molar-refractivity contribution in [1.82, 2.24) is 4.98 Å². The molecule has 0 unspecified atom stereocenters. The number of thiazole rings is 1. The van der Waals surface area contributed by atoms with Crippen molar-refractivity contribution in [3.05, 3.63) is 40.1 Å². The van der Waals surface area contributed by atoms with Crippen LogP contribution in [-0.4, -0.2) is 10.9 Å². The second-order valence-corrected chi connectivity index (χ2v) is 4.54. The zero-order valence-corrected chi connectivity index (χ0v) is 10.1. The Hall–Kier alpha value is -2.15. The number of anilines is 2. The number of nitrogens with zero attached hydrogens (tertiary/aromatic N) is 1. The van der Waals surface area contributed by atoms with Gasteiger partial charge in [0.05, 0.1) is 17.8 Å². The van der Waals surface area contributed by atoms with E-state index in [1.165, 1.54) is 17.4 Å². The first-order valence-corrected chi connectivity index (χ1v) is 5.97. The van der Waals surface area contributed by atoms with Crippen LogP contribution >= 0.6 is 11.3 Å². The minimum Gasteiger partial charge on any atom is -0.398 e. The van der Waals surface area contributed by atoms with Gasteiger partial charge >= 0.3 is 0 Å². The summed E-state index contributed by atoms with van der Waals surface area (Å²) in [5, 5.41) is 5.48. The van der Waals surface area contributed by atoms with Crippen LogP contribution in [0.2, 0.25) is 0 Å². The van der Waals surface area contributed by atoms with E-state index in [1.807, 2.05) is 5.38 Å². The summed E-state index contributed by atoms with van der Waals surface area (Å²) in [7, 11) is 0. The predicted octanol–water partition coefficient (Wildman–Crippen LogP) is 1.58. The monoisotopic (exact) mass is 266 g/mol. The molecule has 2 aromatic rings. The third kappa shape index (κ3) is 2.57. The molecule has 1 amide bonds. The van der Waals surface area contributed by atoms with Gasteiger partial charge in [0, 0.05) is 17.3 Å². The van der Waals surface area contributed by atoms with Crippen molar-refractivity contribution in [3.63, 3.8) is 0 Å². The lowest BCUT2D eigenvalue weighted by molar-refractivity contribution is 0.100. The number of nitrogens with two attached hydrogens (primary N) is 2. The van der Waals surface area contributed by atoms with Crippen LogP contribution in [0.3, 0.4) is 0 Å². The molecule has 0 spiro atoms. The molecule has 7 heteroatoms. The first-order valence-electron chi connectivity index (χ1n) is 5.09. The SMILES string of the molecule is NC(=O)c1cc(NCc2nccs2)c(F)cc1N. The fourth-order valence-corrected chi connectivity index (χ4v) is 2.00. The molecule has 2 rings (SSSR count). The molecule has 0 aliphatic rings. The second kappa shape index (κ2) is 5.01. The standard InChI is InChI=1S/C11H11FN4OS/c12-7-4-8(13)6(11(14)17)3-9(7)16-5-10-15-1-2-18-10/h1-4,16H,5,13H2,(H2,14,17). The number of hydrogen-bond acceptors (Lipinski definition) is 5. The molecule has 1 aromatic heterocycles. The maximum atomic E-state index is 13.6. The van der Waals surface area contributed by atoms with Crippen LogP contribution in [0.1, 0.15) is 15.4 Å². The molecule has 0 aliphatic heterocycles. The maximum absolute atomic E-state index is 13.6. The Bertz CT molecular complexity index is 571. The normalized spacial score (nSPS) is 10.3. The minimum atomic E-state index is -0.690. The van der Waals surface area contributed by atoms with Crippen molar-refractivity contribution < 1.29 is 9.18 Å². The Kier molecular flexibility index (Phi) is 3.42. The first-order chi connectivity index (χ1) is 8.58. The zero-order chi connectivity index (χ0) is 13.1. The van der Waals surface area contributed by atoms with Crippen LogP contribution in [0.15, 0.2) is 23.7 Å². The van der Waals surface area contributed by atoms with Crippen LogP contribution in [0.4, 0.5) is 15.8 Å². The average molecular weight is 266 g/mol. The van der Waals surface area contributed by atoms with Crippen molar-refractivity contribution >= 4 is 28.6 Å². The molecule has 0 atom stereocenters. The van der Waals surface area contributed by atoms with Crippen LogP contribution in [0, 0.1) is 5.82 Å². The number of carbonyl (C=O) groups is 1. The molecule has 5 nitrogen and oxygen atoms in total. The molecule has 0 saturated heterocycles. The van der Waals surface area contributed by atoms with Crippen molar-refractivity contribution in [2.45, 2.75) is 6.54 Å². The van der Waals surface area contributed by atoms with Crippen LogP contribution < -0.4 is 16.8 Å². The Morgan fingerprint density at radius 2 is 2.28 bits per heavy atom. The van der Waals surface area contributed by atoms with Gasteiger partial charge in [0.1, 0.15) is 10.8 Å². The summed E-state index contributed by atoms with van der Waals surface area (Å²) in [6.45, 7) is 0.372. The molecule has 5 N–H and O–H groups in total. The van der Waals surface area contributed by atoms with Crippen LogP contribution in [0.25, 0.3) is 0 Å². The lowest BCUT2D eigenvalue weighted by Gasteiger charge is -2.09. The number of nitrogens with one attached hydrogen (secondary N) is 1. The topological polar surface area (TPSA) is 94.0 Å². The number of primary amides is 1. The summed E-state index contributed by atoms with van der Waals surface area (Å²) in [6, 6.07) is 2.38. The third-order valence-corrected chi connectivity index (χ3v) is 3.10. The molecule has 0 saturated carbocycles. The number of amides is 1. The van der Waals surface area contributed by atoms with E-state index in [2.05, 4.69) is 10.3 Å². The minimum absolute atomic E-state index is 0.0276. The Labute approximate surface area is 107 Å². The van der Waals surface area contributed by atoms with Crippen LogP contribution in [0.5, 0.6) is 0 Å². The fourth-order valence-electron chi connectivity index (χ4n) is 1.45. The smallest absolute Gasteiger partial charge is 0.250 e. The highest BCUT2D eigenvalue weighted by atomic mass is 32.1. The second-order valence-electron chi connectivity index (χ2n) is 3.56. The number of hydrogen-bond donors (Lipinski definition) is 3. The number of aromatic nitrogens is 1. The number of benzene rings is 1. The van der Waals surface area contributed by atoms with E-state index in [0.717, 1.165) is 11.1 Å². The maximum Gasteiger partial charge on any atom is 0.250 e. The molecular formula is C11H11FN4OS. The van der Waals surface area contributed by atoms with E-state index in [0.29, 0.717) is 6.54 Å². The van der Waals surface area contributed by atoms with Gasteiger partial charge in [0.25, 0.3) is 5.91 Å². The van der Waals surface area contributed by atoms with Gasteiger partial charge in [0.15, 0.2) is 0 Å². The van der Waals surface area contributed by atoms with Gasteiger partial charge in [-0.1, -0.05) is 0 Å².